The Morgan fingerprint density at radius 3 is 2.68 bits per heavy atom. The van der Waals surface area contributed by atoms with E-state index in [0.717, 1.165) is 53.5 Å². The van der Waals surface area contributed by atoms with Crippen LogP contribution in [0.15, 0.2) is 54.6 Å². The Labute approximate surface area is 201 Å². The third-order valence-corrected chi connectivity index (χ3v) is 7.43. The average molecular weight is 472 g/mol. The number of hydrogen-bond acceptors (Lipinski definition) is 5. The van der Waals surface area contributed by atoms with E-state index in [0.29, 0.717) is 33.1 Å². The molecule has 0 fully saturated rings. The number of thiophene rings is 1. The number of nitrogens with zero attached hydrogens (tertiary/aromatic N) is 1. The molecule has 2 heterocycles. The molecule has 2 aromatic carbocycles. The molecule has 2 aromatic heterocycles. The molecule has 4 aromatic rings. The van der Waals surface area contributed by atoms with E-state index in [1.165, 1.54) is 11.3 Å². The molecule has 2 amide bonds. The molecule has 5 rings (SSSR count). The van der Waals surface area contributed by atoms with Gasteiger partial charge in [-0.1, -0.05) is 36.8 Å². The van der Waals surface area contributed by atoms with Crippen LogP contribution in [-0.2, 0) is 12.8 Å². The summed E-state index contributed by atoms with van der Waals surface area (Å²) in [5.74, 6) is -0.0716. The van der Waals surface area contributed by atoms with Gasteiger partial charge in [0, 0.05) is 15.8 Å². The average Bonchev–Trinajstić information content (AvgIpc) is 3.03. The van der Waals surface area contributed by atoms with Crippen LogP contribution < -0.4 is 15.8 Å². The van der Waals surface area contributed by atoms with Crippen LogP contribution in [0, 0.1) is 0 Å². The normalized spacial score (nSPS) is 13.2. The molecule has 6 nitrogen and oxygen atoms in total. The molecular formula is C27H25N3O3S. The van der Waals surface area contributed by atoms with Crippen LogP contribution in [-0.4, -0.2) is 23.9 Å². The summed E-state index contributed by atoms with van der Waals surface area (Å²) in [5, 5.41) is 4.28. The maximum absolute atomic E-state index is 13.6. The number of nitrogens with two attached hydrogens (primary N) is 1. The third kappa shape index (κ3) is 4.15. The molecule has 172 valence electrons. The molecule has 1 aliphatic rings. The zero-order valence-corrected chi connectivity index (χ0v) is 19.7. The van der Waals surface area contributed by atoms with Gasteiger partial charge in [-0.3, -0.25) is 9.59 Å². The van der Waals surface area contributed by atoms with Crippen molar-refractivity contribution in [3.05, 3.63) is 76.2 Å². The summed E-state index contributed by atoms with van der Waals surface area (Å²) in [7, 11) is 1.62. The Morgan fingerprint density at radius 2 is 1.85 bits per heavy atom. The van der Waals surface area contributed by atoms with E-state index in [-0.39, 0.29) is 5.91 Å². The SMILES string of the molecule is COc1cccc(-c2cc(C(=O)Nc3sc4c(c3C(N)=O)CCCCC4)c3ccccc3n2)c1. The minimum absolute atomic E-state index is 0.290. The Bertz CT molecular complexity index is 1410. The van der Waals surface area contributed by atoms with Crippen molar-refractivity contribution in [3.63, 3.8) is 0 Å². The molecule has 0 bridgehead atoms. The van der Waals surface area contributed by atoms with Crippen molar-refractivity contribution in [1.82, 2.24) is 4.98 Å². The van der Waals surface area contributed by atoms with Gasteiger partial charge in [-0.2, -0.15) is 0 Å². The van der Waals surface area contributed by atoms with Gasteiger partial charge in [-0.25, -0.2) is 4.98 Å². The number of aryl methyl sites for hydroxylation is 1. The Morgan fingerprint density at radius 1 is 1.03 bits per heavy atom. The van der Waals surface area contributed by atoms with E-state index in [1.807, 2.05) is 48.5 Å². The second-order valence-electron chi connectivity index (χ2n) is 8.39. The lowest BCUT2D eigenvalue weighted by Gasteiger charge is -2.11. The molecule has 0 saturated heterocycles. The molecule has 3 N–H and O–H groups in total. The summed E-state index contributed by atoms with van der Waals surface area (Å²) in [6.45, 7) is 0. The van der Waals surface area contributed by atoms with Crippen molar-refractivity contribution >= 4 is 39.1 Å². The second kappa shape index (κ2) is 9.27. The molecule has 0 saturated carbocycles. The zero-order valence-electron chi connectivity index (χ0n) is 18.9. The highest BCUT2D eigenvalue weighted by molar-refractivity contribution is 7.17. The molecule has 0 unspecified atom stereocenters. The number of para-hydroxylation sites is 1. The first-order valence-corrected chi connectivity index (χ1v) is 12.2. The maximum atomic E-state index is 13.6. The lowest BCUT2D eigenvalue weighted by molar-refractivity contribution is 0.100. The van der Waals surface area contributed by atoms with Crippen molar-refractivity contribution in [2.24, 2.45) is 5.73 Å². The number of pyridine rings is 1. The highest BCUT2D eigenvalue weighted by Gasteiger charge is 2.25. The number of rotatable bonds is 5. The largest absolute Gasteiger partial charge is 0.497 e. The number of aromatic nitrogens is 1. The number of methoxy groups -OCH3 is 1. The van der Waals surface area contributed by atoms with Gasteiger partial charge in [0.05, 0.1) is 29.4 Å². The van der Waals surface area contributed by atoms with Crippen LogP contribution in [0.1, 0.15) is 50.4 Å². The van der Waals surface area contributed by atoms with E-state index in [1.54, 1.807) is 13.2 Å². The summed E-state index contributed by atoms with van der Waals surface area (Å²) < 4.78 is 5.36. The van der Waals surface area contributed by atoms with Gasteiger partial charge in [-0.05, 0) is 55.5 Å². The number of benzene rings is 2. The molecular weight excluding hydrogens is 446 g/mol. The summed E-state index contributed by atoms with van der Waals surface area (Å²) in [4.78, 5) is 31.9. The van der Waals surface area contributed by atoms with Crippen LogP contribution in [0.2, 0.25) is 0 Å². The number of fused-ring (bicyclic) bond motifs is 2. The highest BCUT2D eigenvalue weighted by atomic mass is 32.1. The number of anilines is 1. The summed E-state index contributed by atoms with van der Waals surface area (Å²) in [6, 6.07) is 16.9. The molecule has 0 spiro atoms. The minimum Gasteiger partial charge on any atom is -0.497 e. The smallest absolute Gasteiger partial charge is 0.257 e. The van der Waals surface area contributed by atoms with Gasteiger partial charge >= 0.3 is 0 Å². The van der Waals surface area contributed by atoms with Gasteiger partial charge in [0.1, 0.15) is 10.8 Å². The highest BCUT2D eigenvalue weighted by Crippen LogP contribution is 2.38. The van der Waals surface area contributed by atoms with Gasteiger partial charge in [0.15, 0.2) is 0 Å². The summed E-state index contributed by atoms with van der Waals surface area (Å²) >= 11 is 1.47. The van der Waals surface area contributed by atoms with E-state index in [4.69, 9.17) is 15.5 Å². The predicted octanol–water partition coefficient (Wildman–Crippen LogP) is 5.59. The lowest BCUT2D eigenvalue weighted by atomic mass is 10.0. The van der Waals surface area contributed by atoms with Crippen LogP contribution in [0.25, 0.3) is 22.2 Å². The van der Waals surface area contributed by atoms with Crippen molar-refractivity contribution in [2.75, 3.05) is 12.4 Å². The number of carbonyl (C=O) groups is 2. The number of hydrogen-bond donors (Lipinski definition) is 2. The number of carbonyl (C=O) groups excluding carboxylic acids is 2. The molecule has 0 radical (unpaired) electrons. The summed E-state index contributed by atoms with van der Waals surface area (Å²) in [6.07, 6.45) is 4.97. The Balaban J connectivity index is 1.58. The van der Waals surface area contributed by atoms with E-state index in [2.05, 4.69) is 5.32 Å². The van der Waals surface area contributed by atoms with Crippen molar-refractivity contribution < 1.29 is 14.3 Å². The zero-order chi connectivity index (χ0) is 23.7. The first-order valence-electron chi connectivity index (χ1n) is 11.3. The minimum atomic E-state index is -0.494. The predicted molar refractivity (Wildman–Crippen MR) is 136 cm³/mol. The van der Waals surface area contributed by atoms with E-state index >= 15 is 0 Å². The van der Waals surface area contributed by atoms with Crippen molar-refractivity contribution in [2.45, 2.75) is 32.1 Å². The van der Waals surface area contributed by atoms with Gasteiger partial charge in [0.2, 0.25) is 0 Å². The first kappa shape index (κ1) is 22.1. The Kier molecular flexibility index (Phi) is 6.02. The van der Waals surface area contributed by atoms with Gasteiger partial charge < -0.3 is 15.8 Å². The molecule has 34 heavy (non-hydrogen) atoms. The van der Waals surface area contributed by atoms with Crippen LogP contribution in [0.5, 0.6) is 5.75 Å². The van der Waals surface area contributed by atoms with Crippen LogP contribution >= 0.6 is 11.3 Å². The van der Waals surface area contributed by atoms with Gasteiger partial charge in [0.25, 0.3) is 11.8 Å². The Hall–Kier alpha value is -3.71. The van der Waals surface area contributed by atoms with Crippen molar-refractivity contribution in [3.8, 4) is 17.0 Å². The van der Waals surface area contributed by atoms with E-state index in [9.17, 15) is 9.59 Å². The number of ether oxygens (including phenoxy) is 1. The number of primary amides is 1. The van der Waals surface area contributed by atoms with Crippen LogP contribution in [0.3, 0.4) is 0 Å². The number of amides is 2. The monoisotopic (exact) mass is 471 g/mol. The van der Waals surface area contributed by atoms with Crippen LogP contribution in [0.4, 0.5) is 5.00 Å². The maximum Gasteiger partial charge on any atom is 0.257 e. The fourth-order valence-electron chi connectivity index (χ4n) is 4.56. The lowest BCUT2D eigenvalue weighted by Crippen LogP contribution is -2.18. The quantitative estimate of drug-likeness (QED) is 0.371. The summed E-state index contributed by atoms with van der Waals surface area (Å²) in [5.41, 5.74) is 9.94. The molecule has 1 aliphatic carbocycles. The van der Waals surface area contributed by atoms with Crippen molar-refractivity contribution in [1.29, 1.82) is 0 Å². The first-order chi connectivity index (χ1) is 16.5. The number of nitrogens with one attached hydrogen (secondary N) is 1. The fourth-order valence-corrected chi connectivity index (χ4v) is 5.85. The third-order valence-electron chi connectivity index (χ3n) is 6.22. The topological polar surface area (TPSA) is 94.3 Å². The van der Waals surface area contributed by atoms with Gasteiger partial charge in [-0.15, -0.1) is 11.3 Å². The van der Waals surface area contributed by atoms with E-state index < -0.39 is 5.91 Å². The molecule has 0 aliphatic heterocycles. The molecule has 7 heteroatoms. The fraction of sp³-hybridized carbons (Fsp3) is 0.222. The second-order valence-corrected chi connectivity index (χ2v) is 9.50. The standard InChI is InChI=1S/C27H25N3O3S/c1-33-17-9-7-8-16(14-17)22-15-20(18-10-5-6-12-21(18)29-22)26(32)30-27-24(25(28)31)19-11-3-2-4-13-23(19)34-27/h5-10,12,14-15H,2-4,11,13H2,1H3,(H2,28,31)(H,30,32). The molecule has 0 atom stereocenters.